The zero-order valence-electron chi connectivity index (χ0n) is 15.2. The van der Waals surface area contributed by atoms with Gasteiger partial charge in [0.25, 0.3) is 5.91 Å². The topological polar surface area (TPSA) is 53.0 Å². The molecule has 0 aromatic heterocycles. The Bertz CT molecular complexity index is 555. The Morgan fingerprint density at radius 1 is 1.20 bits per heavy atom. The quantitative estimate of drug-likeness (QED) is 0.884. The number of hydrogen-bond donors (Lipinski definition) is 1. The van der Waals surface area contributed by atoms with E-state index in [0.717, 1.165) is 57.6 Å². The number of carbonyl (C=O) groups excluding carboxylic acids is 1. The largest absolute Gasteiger partial charge is 0.396 e. The predicted octanol–water partition coefficient (Wildman–Crippen LogP) is 1.87. The summed E-state index contributed by atoms with van der Waals surface area (Å²) in [7, 11) is 1.74. The van der Waals surface area contributed by atoms with Crippen LogP contribution in [0.5, 0.6) is 0 Å². The SMILES string of the molecule is COCCN1CCC2(CC1)CCN(C(=O)c1ccccc1)CC2CO. The predicted molar refractivity (Wildman–Crippen MR) is 97.5 cm³/mol. The van der Waals surface area contributed by atoms with Crippen LogP contribution in [-0.4, -0.2) is 73.9 Å². The van der Waals surface area contributed by atoms with Gasteiger partial charge in [-0.3, -0.25) is 4.79 Å². The molecular weight excluding hydrogens is 316 g/mol. The summed E-state index contributed by atoms with van der Waals surface area (Å²) in [6.45, 7) is 5.50. The van der Waals surface area contributed by atoms with Crippen LogP contribution in [0.2, 0.25) is 0 Å². The zero-order chi connectivity index (χ0) is 17.7. The summed E-state index contributed by atoms with van der Waals surface area (Å²) in [6, 6.07) is 9.47. The Morgan fingerprint density at radius 2 is 1.88 bits per heavy atom. The van der Waals surface area contributed by atoms with E-state index in [1.807, 2.05) is 35.2 Å². The summed E-state index contributed by atoms with van der Waals surface area (Å²) in [4.78, 5) is 17.1. The van der Waals surface area contributed by atoms with Gasteiger partial charge in [-0.05, 0) is 49.9 Å². The molecule has 25 heavy (non-hydrogen) atoms. The number of piperidine rings is 2. The second-order valence-electron chi connectivity index (χ2n) is 7.44. The molecule has 1 aromatic carbocycles. The van der Waals surface area contributed by atoms with Gasteiger partial charge in [0, 0.05) is 44.8 Å². The van der Waals surface area contributed by atoms with Crippen LogP contribution in [0.1, 0.15) is 29.6 Å². The number of hydrogen-bond acceptors (Lipinski definition) is 4. The van der Waals surface area contributed by atoms with Crippen LogP contribution in [0.3, 0.4) is 0 Å². The molecule has 1 spiro atoms. The first-order chi connectivity index (χ1) is 12.2. The van der Waals surface area contributed by atoms with E-state index < -0.39 is 0 Å². The average Bonchev–Trinajstić information content (AvgIpc) is 2.68. The monoisotopic (exact) mass is 346 g/mol. The average molecular weight is 346 g/mol. The number of benzene rings is 1. The molecule has 2 heterocycles. The first-order valence-corrected chi connectivity index (χ1v) is 9.35. The van der Waals surface area contributed by atoms with Gasteiger partial charge in [-0.2, -0.15) is 0 Å². The third kappa shape index (κ3) is 4.05. The molecule has 2 saturated heterocycles. The number of methoxy groups -OCH3 is 1. The highest BCUT2D eigenvalue weighted by molar-refractivity contribution is 5.94. The molecule has 0 bridgehead atoms. The molecule has 3 rings (SSSR count). The molecule has 1 amide bonds. The van der Waals surface area contributed by atoms with E-state index in [2.05, 4.69) is 4.90 Å². The summed E-state index contributed by atoms with van der Waals surface area (Å²) in [6.07, 6.45) is 3.21. The normalized spacial score (nSPS) is 23.8. The van der Waals surface area contributed by atoms with Gasteiger partial charge in [0.1, 0.15) is 0 Å². The van der Waals surface area contributed by atoms with Crippen molar-refractivity contribution in [2.75, 3.05) is 53.0 Å². The highest BCUT2D eigenvalue weighted by atomic mass is 16.5. The Morgan fingerprint density at radius 3 is 2.52 bits per heavy atom. The fourth-order valence-corrected chi connectivity index (χ4v) is 4.41. The van der Waals surface area contributed by atoms with Crippen molar-refractivity contribution in [2.24, 2.45) is 11.3 Å². The van der Waals surface area contributed by atoms with Crippen molar-refractivity contribution in [3.8, 4) is 0 Å². The second kappa shape index (κ2) is 8.30. The van der Waals surface area contributed by atoms with E-state index in [9.17, 15) is 9.90 Å². The Balaban J connectivity index is 1.62. The van der Waals surface area contributed by atoms with Gasteiger partial charge in [0.2, 0.25) is 0 Å². The van der Waals surface area contributed by atoms with Crippen molar-refractivity contribution < 1.29 is 14.6 Å². The van der Waals surface area contributed by atoms with Crippen molar-refractivity contribution in [3.05, 3.63) is 35.9 Å². The maximum absolute atomic E-state index is 12.7. The first-order valence-electron chi connectivity index (χ1n) is 9.35. The minimum absolute atomic E-state index is 0.0893. The van der Waals surface area contributed by atoms with Crippen molar-refractivity contribution in [3.63, 3.8) is 0 Å². The molecule has 0 aliphatic carbocycles. The fourth-order valence-electron chi connectivity index (χ4n) is 4.41. The number of likely N-dealkylation sites (tertiary alicyclic amines) is 2. The van der Waals surface area contributed by atoms with Gasteiger partial charge in [-0.15, -0.1) is 0 Å². The van der Waals surface area contributed by atoms with Gasteiger partial charge in [-0.25, -0.2) is 0 Å². The number of aliphatic hydroxyl groups excluding tert-OH is 1. The zero-order valence-corrected chi connectivity index (χ0v) is 15.2. The summed E-state index contributed by atoms with van der Waals surface area (Å²) in [5.74, 6) is 0.268. The van der Waals surface area contributed by atoms with Gasteiger partial charge in [0.05, 0.1) is 6.61 Å². The van der Waals surface area contributed by atoms with E-state index in [1.165, 1.54) is 0 Å². The smallest absolute Gasteiger partial charge is 0.253 e. The Hall–Kier alpha value is -1.43. The van der Waals surface area contributed by atoms with E-state index >= 15 is 0 Å². The maximum atomic E-state index is 12.7. The van der Waals surface area contributed by atoms with Gasteiger partial charge in [-0.1, -0.05) is 18.2 Å². The molecule has 5 nitrogen and oxygen atoms in total. The van der Waals surface area contributed by atoms with Crippen LogP contribution in [0.25, 0.3) is 0 Å². The molecule has 1 unspecified atom stereocenters. The summed E-state index contributed by atoms with van der Waals surface area (Å²) < 4.78 is 5.18. The highest BCUT2D eigenvalue weighted by Gasteiger charge is 2.45. The van der Waals surface area contributed by atoms with Crippen molar-refractivity contribution in [1.29, 1.82) is 0 Å². The van der Waals surface area contributed by atoms with E-state index in [1.54, 1.807) is 7.11 Å². The van der Waals surface area contributed by atoms with Gasteiger partial charge in [0.15, 0.2) is 0 Å². The van der Waals surface area contributed by atoms with Crippen molar-refractivity contribution in [1.82, 2.24) is 9.80 Å². The Labute approximate surface area is 150 Å². The highest BCUT2D eigenvalue weighted by Crippen LogP contribution is 2.45. The molecule has 138 valence electrons. The molecule has 0 radical (unpaired) electrons. The summed E-state index contributed by atoms with van der Waals surface area (Å²) >= 11 is 0. The lowest BCUT2D eigenvalue weighted by Crippen LogP contribution is -2.54. The number of aliphatic hydroxyl groups is 1. The van der Waals surface area contributed by atoms with Crippen LogP contribution in [0, 0.1) is 11.3 Å². The van der Waals surface area contributed by atoms with E-state index in [0.29, 0.717) is 6.54 Å². The minimum Gasteiger partial charge on any atom is -0.396 e. The lowest BCUT2D eigenvalue weighted by atomic mass is 9.64. The number of carbonyl (C=O) groups is 1. The fraction of sp³-hybridized carbons (Fsp3) is 0.650. The number of ether oxygens (including phenoxy) is 1. The lowest BCUT2D eigenvalue weighted by molar-refractivity contribution is -0.0376. The van der Waals surface area contributed by atoms with E-state index in [-0.39, 0.29) is 23.8 Å². The Kier molecular flexibility index (Phi) is 6.10. The molecule has 2 fully saturated rings. The molecular formula is C20H30N2O3. The van der Waals surface area contributed by atoms with Gasteiger partial charge < -0.3 is 19.6 Å². The summed E-state index contributed by atoms with van der Waals surface area (Å²) in [5, 5.41) is 10.0. The van der Waals surface area contributed by atoms with Crippen LogP contribution in [0.4, 0.5) is 0 Å². The van der Waals surface area contributed by atoms with Crippen molar-refractivity contribution >= 4 is 5.91 Å². The first kappa shape index (κ1) is 18.4. The maximum Gasteiger partial charge on any atom is 0.253 e. The van der Waals surface area contributed by atoms with Crippen LogP contribution < -0.4 is 0 Å². The van der Waals surface area contributed by atoms with E-state index in [4.69, 9.17) is 4.74 Å². The molecule has 5 heteroatoms. The third-order valence-electron chi connectivity index (χ3n) is 6.18. The van der Waals surface area contributed by atoms with Crippen molar-refractivity contribution in [2.45, 2.75) is 19.3 Å². The third-order valence-corrected chi connectivity index (χ3v) is 6.18. The minimum atomic E-state index is 0.0893. The molecule has 1 atom stereocenters. The number of nitrogens with zero attached hydrogens (tertiary/aromatic N) is 2. The second-order valence-corrected chi connectivity index (χ2v) is 7.44. The number of rotatable bonds is 5. The van der Waals surface area contributed by atoms with Crippen LogP contribution >= 0.6 is 0 Å². The molecule has 1 aromatic rings. The molecule has 2 aliphatic heterocycles. The van der Waals surface area contributed by atoms with Gasteiger partial charge >= 0.3 is 0 Å². The number of amides is 1. The lowest BCUT2D eigenvalue weighted by Gasteiger charge is -2.51. The van der Waals surface area contributed by atoms with Crippen LogP contribution in [-0.2, 0) is 4.74 Å². The molecule has 1 N–H and O–H groups in total. The standard InChI is InChI=1S/C20H30N2O3/c1-25-14-13-21-10-7-20(8-11-21)9-12-22(15-18(20)16-23)19(24)17-5-3-2-4-6-17/h2-6,18,23H,7-16H2,1H3. The van der Waals surface area contributed by atoms with Crippen LogP contribution in [0.15, 0.2) is 30.3 Å². The molecule has 2 aliphatic rings. The summed E-state index contributed by atoms with van der Waals surface area (Å²) in [5.41, 5.74) is 0.927. The molecule has 0 saturated carbocycles.